The van der Waals surface area contributed by atoms with Crippen LogP contribution in [-0.2, 0) is 9.84 Å². The fraction of sp³-hybridized carbons (Fsp3) is 1.00. The predicted molar refractivity (Wildman–Crippen MR) is 75.1 cm³/mol. The maximum absolute atomic E-state index is 11.5. The summed E-state index contributed by atoms with van der Waals surface area (Å²) in [6.07, 6.45) is 1.73. The third-order valence-electron chi connectivity index (χ3n) is 3.36. The van der Waals surface area contributed by atoms with Crippen LogP contribution in [0.5, 0.6) is 0 Å². The van der Waals surface area contributed by atoms with E-state index in [9.17, 15) is 8.42 Å². The smallest absolute Gasteiger partial charge is 0.150 e. The van der Waals surface area contributed by atoms with Crippen LogP contribution in [0.2, 0.25) is 0 Å². The molecule has 17 heavy (non-hydrogen) atoms. The molecule has 0 aromatic heterocycles. The quantitative estimate of drug-likeness (QED) is 0.768. The molecule has 0 aliphatic rings. The molecule has 0 aromatic carbocycles. The van der Waals surface area contributed by atoms with Crippen molar-refractivity contribution in [3.05, 3.63) is 0 Å². The van der Waals surface area contributed by atoms with Gasteiger partial charge in [0, 0.05) is 17.8 Å². The molecule has 0 bridgehead atoms. The lowest BCUT2D eigenvalue weighted by Crippen LogP contribution is -2.43. The van der Waals surface area contributed by atoms with Crippen LogP contribution in [0, 0.1) is 5.41 Å². The fourth-order valence-electron chi connectivity index (χ4n) is 1.41. The summed E-state index contributed by atoms with van der Waals surface area (Å²) in [7, 11) is -2.84. The molecule has 0 saturated heterocycles. The van der Waals surface area contributed by atoms with Crippen molar-refractivity contribution in [2.45, 2.75) is 59.9 Å². The first-order chi connectivity index (χ1) is 7.54. The molecule has 0 aliphatic carbocycles. The van der Waals surface area contributed by atoms with Crippen molar-refractivity contribution < 1.29 is 8.42 Å². The highest BCUT2D eigenvalue weighted by atomic mass is 32.2. The predicted octanol–water partition coefficient (Wildman–Crippen LogP) is 2.62. The van der Waals surface area contributed by atoms with Gasteiger partial charge in [-0.25, -0.2) is 8.42 Å². The molecule has 4 heteroatoms. The molecule has 0 fully saturated rings. The van der Waals surface area contributed by atoms with Crippen molar-refractivity contribution in [2.24, 2.45) is 5.41 Å². The van der Waals surface area contributed by atoms with E-state index in [-0.39, 0.29) is 16.7 Å². The van der Waals surface area contributed by atoms with Gasteiger partial charge in [0.1, 0.15) is 9.84 Å². The fourth-order valence-corrected chi connectivity index (χ4v) is 2.51. The Hall–Kier alpha value is -0.0900. The minimum absolute atomic E-state index is 0.0650. The van der Waals surface area contributed by atoms with Crippen molar-refractivity contribution in [1.29, 1.82) is 0 Å². The van der Waals surface area contributed by atoms with E-state index in [0.717, 1.165) is 19.4 Å². The van der Waals surface area contributed by atoms with E-state index in [1.54, 1.807) is 6.92 Å². The maximum atomic E-state index is 11.5. The molecule has 0 aliphatic heterocycles. The minimum Gasteiger partial charge on any atom is -0.312 e. The zero-order chi connectivity index (χ0) is 13.7. The molecule has 0 heterocycles. The van der Waals surface area contributed by atoms with Gasteiger partial charge in [-0.05, 0) is 39.0 Å². The van der Waals surface area contributed by atoms with Gasteiger partial charge in [-0.1, -0.05) is 20.8 Å². The van der Waals surface area contributed by atoms with Gasteiger partial charge >= 0.3 is 0 Å². The summed E-state index contributed by atoms with van der Waals surface area (Å²) < 4.78 is 23.1. The van der Waals surface area contributed by atoms with E-state index in [4.69, 9.17) is 0 Å². The van der Waals surface area contributed by atoms with Gasteiger partial charge in [-0.2, -0.15) is 0 Å². The van der Waals surface area contributed by atoms with E-state index in [0.29, 0.717) is 5.75 Å². The number of hydrogen-bond donors (Lipinski definition) is 1. The lowest BCUT2D eigenvalue weighted by molar-refractivity contribution is 0.249. The van der Waals surface area contributed by atoms with E-state index in [1.165, 1.54) is 0 Å². The van der Waals surface area contributed by atoms with E-state index in [2.05, 4.69) is 39.9 Å². The molecule has 1 unspecified atom stereocenters. The lowest BCUT2D eigenvalue weighted by Gasteiger charge is -2.33. The molecular weight excluding hydrogens is 234 g/mol. The Morgan fingerprint density at radius 1 is 1.06 bits per heavy atom. The van der Waals surface area contributed by atoms with E-state index in [1.807, 2.05) is 0 Å². The number of hydrogen-bond acceptors (Lipinski definition) is 3. The SMILES string of the molecule is CCC(C)(CCS(=O)(=O)CC)CNC(C)(C)C. The molecular formula is C13H29NO2S. The second kappa shape index (κ2) is 6.19. The summed E-state index contributed by atoms with van der Waals surface area (Å²) >= 11 is 0. The van der Waals surface area contributed by atoms with Crippen LogP contribution < -0.4 is 5.32 Å². The van der Waals surface area contributed by atoms with E-state index >= 15 is 0 Å². The summed E-state index contributed by atoms with van der Waals surface area (Å²) in [5.41, 5.74) is 0.148. The molecule has 0 radical (unpaired) electrons. The van der Waals surface area contributed by atoms with Crippen molar-refractivity contribution in [1.82, 2.24) is 5.32 Å². The van der Waals surface area contributed by atoms with Gasteiger partial charge in [-0.3, -0.25) is 0 Å². The third-order valence-corrected chi connectivity index (χ3v) is 5.06. The largest absolute Gasteiger partial charge is 0.312 e. The van der Waals surface area contributed by atoms with Crippen LogP contribution in [0.4, 0.5) is 0 Å². The highest BCUT2D eigenvalue weighted by Crippen LogP contribution is 2.26. The molecule has 0 aromatic rings. The Kier molecular flexibility index (Phi) is 6.15. The first-order valence-corrected chi connectivity index (χ1v) is 8.31. The van der Waals surface area contributed by atoms with Crippen molar-refractivity contribution >= 4 is 9.84 Å². The Morgan fingerprint density at radius 2 is 1.59 bits per heavy atom. The third kappa shape index (κ3) is 7.77. The number of sulfone groups is 1. The molecule has 0 spiro atoms. The van der Waals surface area contributed by atoms with Crippen LogP contribution in [0.3, 0.4) is 0 Å². The minimum atomic E-state index is -2.84. The Morgan fingerprint density at radius 3 is 1.94 bits per heavy atom. The van der Waals surface area contributed by atoms with Crippen LogP contribution >= 0.6 is 0 Å². The Labute approximate surface area is 107 Å². The first kappa shape index (κ1) is 16.9. The van der Waals surface area contributed by atoms with Gasteiger partial charge in [0.15, 0.2) is 0 Å². The van der Waals surface area contributed by atoms with Crippen molar-refractivity contribution in [3.8, 4) is 0 Å². The Balaban J connectivity index is 4.39. The van der Waals surface area contributed by atoms with Gasteiger partial charge in [0.25, 0.3) is 0 Å². The lowest BCUT2D eigenvalue weighted by atomic mass is 9.84. The molecule has 1 atom stereocenters. The molecule has 0 saturated carbocycles. The van der Waals surface area contributed by atoms with Crippen LogP contribution in [-0.4, -0.2) is 32.0 Å². The van der Waals surface area contributed by atoms with Gasteiger partial charge in [-0.15, -0.1) is 0 Å². The highest BCUT2D eigenvalue weighted by Gasteiger charge is 2.26. The molecule has 1 N–H and O–H groups in total. The van der Waals surface area contributed by atoms with Crippen LogP contribution in [0.25, 0.3) is 0 Å². The van der Waals surface area contributed by atoms with Crippen LogP contribution in [0.15, 0.2) is 0 Å². The second-order valence-corrected chi connectivity index (χ2v) is 8.73. The van der Waals surface area contributed by atoms with Crippen molar-refractivity contribution in [3.63, 3.8) is 0 Å². The average molecular weight is 263 g/mol. The Bertz CT molecular complexity index is 317. The van der Waals surface area contributed by atoms with Crippen LogP contribution in [0.1, 0.15) is 54.4 Å². The standard InChI is InChI=1S/C13H29NO2S/c1-7-13(6,11-14-12(3,4)5)9-10-17(15,16)8-2/h14H,7-11H2,1-6H3. The van der Waals surface area contributed by atoms with E-state index < -0.39 is 9.84 Å². The topological polar surface area (TPSA) is 46.2 Å². The monoisotopic (exact) mass is 263 g/mol. The summed E-state index contributed by atoms with van der Waals surface area (Å²) in [5.74, 6) is 0.555. The van der Waals surface area contributed by atoms with Gasteiger partial charge in [0.2, 0.25) is 0 Å². The normalized spacial score (nSPS) is 16.8. The molecule has 0 amide bonds. The molecule has 3 nitrogen and oxygen atoms in total. The van der Waals surface area contributed by atoms with Crippen molar-refractivity contribution in [2.75, 3.05) is 18.1 Å². The molecule has 0 rings (SSSR count). The molecule has 104 valence electrons. The second-order valence-electron chi connectivity index (χ2n) is 6.25. The zero-order valence-electron chi connectivity index (χ0n) is 12.3. The zero-order valence-corrected chi connectivity index (χ0v) is 13.1. The average Bonchev–Trinajstić information content (AvgIpc) is 2.23. The summed E-state index contributed by atoms with van der Waals surface area (Å²) in [5, 5.41) is 3.47. The first-order valence-electron chi connectivity index (χ1n) is 6.49. The van der Waals surface area contributed by atoms with Gasteiger partial charge < -0.3 is 5.32 Å². The number of rotatable bonds is 7. The summed E-state index contributed by atoms with van der Waals surface area (Å²) in [4.78, 5) is 0. The van der Waals surface area contributed by atoms with Gasteiger partial charge in [0.05, 0.1) is 5.75 Å². The highest BCUT2D eigenvalue weighted by molar-refractivity contribution is 7.91. The number of nitrogens with one attached hydrogen (secondary N) is 1. The summed E-state index contributed by atoms with van der Waals surface area (Å²) in [6.45, 7) is 13.3. The summed E-state index contributed by atoms with van der Waals surface area (Å²) in [6, 6.07) is 0. The maximum Gasteiger partial charge on any atom is 0.150 e.